The van der Waals surface area contributed by atoms with Crippen molar-refractivity contribution < 1.29 is 9.59 Å². The summed E-state index contributed by atoms with van der Waals surface area (Å²) < 4.78 is 0. The van der Waals surface area contributed by atoms with Crippen LogP contribution in [0.5, 0.6) is 0 Å². The molecule has 0 amide bonds. The number of isocyanates is 2. The lowest BCUT2D eigenvalue weighted by atomic mass is 10.4. The Balaban J connectivity index is 2.46. The lowest BCUT2D eigenvalue weighted by Crippen LogP contribution is -1.77. The molecule has 1 aromatic carbocycles. The van der Waals surface area contributed by atoms with Crippen LogP contribution in [0.1, 0.15) is 0 Å². The largest absolute Gasteiger partial charge is 0.235 e. The van der Waals surface area contributed by atoms with E-state index in [2.05, 4.69) is 9.98 Å². The van der Waals surface area contributed by atoms with Crippen molar-refractivity contribution in [2.45, 2.75) is 9.79 Å². The van der Waals surface area contributed by atoms with Crippen molar-refractivity contribution in [2.75, 3.05) is 11.8 Å². The predicted molar refractivity (Wildman–Crippen MR) is 64.1 cm³/mol. The van der Waals surface area contributed by atoms with Gasteiger partial charge in [0, 0.05) is 9.79 Å². The first-order valence-electron chi connectivity index (χ1n) is 4.29. The first kappa shape index (κ1) is 12.7. The summed E-state index contributed by atoms with van der Waals surface area (Å²) in [6.07, 6.45) is 2.97. The lowest BCUT2D eigenvalue weighted by Gasteiger charge is -2.00. The molecular formula is C10H8N2O2S2. The van der Waals surface area contributed by atoms with Gasteiger partial charge in [-0.1, -0.05) is 0 Å². The molecule has 0 atom stereocenters. The van der Waals surface area contributed by atoms with E-state index in [1.807, 2.05) is 24.3 Å². The Morgan fingerprint density at radius 2 is 1.25 bits per heavy atom. The van der Waals surface area contributed by atoms with Crippen molar-refractivity contribution in [3.63, 3.8) is 0 Å². The van der Waals surface area contributed by atoms with Crippen molar-refractivity contribution >= 4 is 35.7 Å². The van der Waals surface area contributed by atoms with Crippen molar-refractivity contribution in [2.24, 2.45) is 9.98 Å². The van der Waals surface area contributed by atoms with E-state index in [0.717, 1.165) is 9.79 Å². The highest BCUT2D eigenvalue weighted by molar-refractivity contribution is 7.99. The second kappa shape index (κ2) is 7.91. The van der Waals surface area contributed by atoms with Gasteiger partial charge in [0.2, 0.25) is 12.2 Å². The van der Waals surface area contributed by atoms with Gasteiger partial charge >= 0.3 is 0 Å². The Bertz CT molecular complexity index is 380. The van der Waals surface area contributed by atoms with Crippen LogP contribution in [-0.2, 0) is 9.59 Å². The molecule has 0 aliphatic carbocycles. The highest BCUT2D eigenvalue weighted by Crippen LogP contribution is 2.23. The molecule has 0 saturated carbocycles. The fraction of sp³-hybridized carbons (Fsp3) is 0.200. The van der Waals surface area contributed by atoms with E-state index in [0.29, 0.717) is 11.8 Å². The van der Waals surface area contributed by atoms with Gasteiger partial charge in [0.1, 0.15) is 11.8 Å². The second-order valence-corrected chi connectivity index (χ2v) is 4.55. The molecule has 0 N–H and O–H groups in total. The third-order valence-electron chi connectivity index (χ3n) is 1.54. The number of nitrogens with zero attached hydrogens (tertiary/aromatic N) is 2. The molecule has 0 saturated heterocycles. The Morgan fingerprint density at radius 1 is 0.875 bits per heavy atom. The molecular weight excluding hydrogens is 244 g/mol. The average molecular weight is 252 g/mol. The molecule has 6 heteroatoms. The molecule has 4 nitrogen and oxygen atoms in total. The molecule has 82 valence electrons. The fourth-order valence-electron chi connectivity index (χ4n) is 0.898. The van der Waals surface area contributed by atoms with Crippen molar-refractivity contribution in [3.05, 3.63) is 24.3 Å². The average Bonchev–Trinajstić information content (AvgIpc) is 2.32. The van der Waals surface area contributed by atoms with E-state index < -0.39 is 0 Å². The fourth-order valence-corrected chi connectivity index (χ4v) is 2.09. The summed E-state index contributed by atoms with van der Waals surface area (Å²) in [7, 11) is 0. The second-order valence-electron chi connectivity index (χ2n) is 2.52. The molecule has 1 aromatic rings. The smallest absolute Gasteiger partial charge is 0.211 e. The summed E-state index contributed by atoms with van der Waals surface area (Å²) in [6, 6.07) is 7.71. The van der Waals surface area contributed by atoms with E-state index in [4.69, 9.17) is 0 Å². The Labute approximate surface area is 101 Å². The Kier molecular flexibility index (Phi) is 6.30. The molecule has 0 radical (unpaired) electrons. The molecule has 0 unspecified atom stereocenters. The number of carbonyl (C=O) groups excluding carboxylic acids is 2. The highest BCUT2D eigenvalue weighted by atomic mass is 32.2. The molecule has 0 bridgehead atoms. The third-order valence-corrected chi connectivity index (χ3v) is 3.27. The number of aliphatic imine (C=N–C) groups is 2. The van der Waals surface area contributed by atoms with Gasteiger partial charge in [-0.2, -0.15) is 9.98 Å². The van der Waals surface area contributed by atoms with Gasteiger partial charge < -0.3 is 0 Å². The topological polar surface area (TPSA) is 58.9 Å². The van der Waals surface area contributed by atoms with Gasteiger partial charge in [0.05, 0.1) is 0 Å². The minimum atomic E-state index is 0.380. The Morgan fingerprint density at radius 3 is 1.56 bits per heavy atom. The zero-order valence-electron chi connectivity index (χ0n) is 8.25. The van der Waals surface area contributed by atoms with Gasteiger partial charge in [-0.25, -0.2) is 9.59 Å². The van der Waals surface area contributed by atoms with Crippen LogP contribution < -0.4 is 0 Å². The standard InChI is InChI=1S/C10H8N2O2S2/c13-5-11-7-15-9-1-2-10(4-3-9)16-8-12-6-14/h1-4H,7-8H2. The summed E-state index contributed by atoms with van der Waals surface area (Å²) in [5, 5.41) is 0. The molecule has 0 heterocycles. The number of rotatable bonds is 6. The van der Waals surface area contributed by atoms with Gasteiger partial charge in [-0.15, -0.1) is 23.5 Å². The van der Waals surface area contributed by atoms with Crippen molar-refractivity contribution in [3.8, 4) is 0 Å². The molecule has 0 aliphatic heterocycles. The van der Waals surface area contributed by atoms with Crippen LogP contribution >= 0.6 is 23.5 Å². The van der Waals surface area contributed by atoms with Crippen molar-refractivity contribution in [1.29, 1.82) is 0 Å². The SMILES string of the molecule is O=C=NCSc1ccc(SCN=C=O)cc1. The summed E-state index contributed by atoms with van der Waals surface area (Å²) in [4.78, 5) is 28.6. The van der Waals surface area contributed by atoms with Gasteiger partial charge in [-0.05, 0) is 24.3 Å². The summed E-state index contributed by atoms with van der Waals surface area (Å²) in [6.45, 7) is 0. The Hall–Kier alpha value is -1.32. The minimum absolute atomic E-state index is 0.380. The van der Waals surface area contributed by atoms with Crippen LogP contribution in [-0.4, -0.2) is 23.9 Å². The first-order valence-corrected chi connectivity index (χ1v) is 6.27. The summed E-state index contributed by atoms with van der Waals surface area (Å²) in [5.41, 5.74) is 0. The minimum Gasteiger partial charge on any atom is -0.211 e. The molecule has 0 fully saturated rings. The van der Waals surface area contributed by atoms with E-state index >= 15 is 0 Å². The third kappa shape index (κ3) is 4.96. The zero-order valence-corrected chi connectivity index (χ0v) is 9.88. The van der Waals surface area contributed by atoms with Gasteiger partial charge in [0.25, 0.3) is 0 Å². The maximum absolute atomic E-state index is 9.85. The molecule has 0 aliphatic rings. The number of hydrogen-bond donors (Lipinski definition) is 0. The van der Waals surface area contributed by atoms with E-state index in [1.54, 1.807) is 0 Å². The maximum atomic E-state index is 9.85. The molecule has 1 rings (SSSR count). The lowest BCUT2D eigenvalue weighted by molar-refractivity contribution is 0.563. The normalized spacial score (nSPS) is 9.00. The van der Waals surface area contributed by atoms with E-state index in [1.165, 1.54) is 35.7 Å². The van der Waals surface area contributed by atoms with Crippen LogP contribution in [0.2, 0.25) is 0 Å². The van der Waals surface area contributed by atoms with Gasteiger partial charge in [-0.3, -0.25) is 0 Å². The van der Waals surface area contributed by atoms with Crippen molar-refractivity contribution in [1.82, 2.24) is 0 Å². The van der Waals surface area contributed by atoms with Crippen LogP contribution in [0.3, 0.4) is 0 Å². The number of benzene rings is 1. The molecule has 0 aromatic heterocycles. The van der Waals surface area contributed by atoms with E-state index in [-0.39, 0.29) is 0 Å². The van der Waals surface area contributed by atoms with Crippen LogP contribution in [0.4, 0.5) is 0 Å². The van der Waals surface area contributed by atoms with Gasteiger partial charge in [0.15, 0.2) is 0 Å². The van der Waals surface area contributed by atoms with Crippen LogP contribution in [0.25, 0.3) is 0 Å². The summed E-state index contributed by atoms with van der Waals surface area (Å²) in [5.74, 6) is 0.761. The maximum Gasteiger partial charge on any atom is 0.235 e. The number of hydrogen-bond acceptors (Lipinski definition) is 6. The molecule has 16 heavy (non-hydrogen) atoms. The zero-order chi connectivity index (χ0) is 11.6. The quantitative estimate of drug-likeness (QED) is 0.443. The highest BCUT2D eigenvalue weighted by Gasteiger charge is 1.95. The monoisotopic (exact) mass is 252 g/mol. The van der Waals surface area contributed by atoms with Crippen LogP contribution in [0.15, 0.2) is 44.0 Å². The van der Waals surface area contributed by atoms with E-state index in [9.17, 15) is 9.59 Å². The first-order chi connectivity index (χ1) is 7.86. The summed E-state index contributed by atoms with van der Waals surface area (Å²) >= 11 is 2.92. The molecule has 0 spiro atoms. The van der Waals surface area contributed by atoms with Crippen LogP contribution in [0, 0.1) is 0 Å². The number of thioether (sulfide) groups is 2. The predicted octanol–water partition coefficient (Wildman–Crippen LogP) is 2.46.